The first-order valence-corrected chi connectivity index (χ1v) is 7.26. The van der Waals surface area contributed by atoms with Gasteiger partial charge in [-0.3, -0.25) is 4.90 Å². The number of hydrogen-bond donors (Lipinski definition) is 2. The van der Waals surface area contributed by atoms with Crippen LogP contribution in [0.1, 0.15) is 20.3 Å². The van der Waals surface area contributed by atoms with Gasteiger partial charge in [0.1, 0.15) is 11.5 Å². The van der Waals surface area contributed by atoms with Crippen LogP contribution in [0, 0.1) is 0 Å². The third-order valence-electron chi connectivity index (χ3n) is 3.79. The minimum absolute atomic E-state index is 0.00609. The average Bonchev–Trinajstić information content (AvgIpc) is 2.74. The number of nitrogens with two attached hydrogens (primary N) is 1. The fourth-order valence-electron chi connectivity index (χ4n) is 2.65. The van der Waals surface area contributed by atoms with Crippen LogP contribution in [-0.2, 0) is 4.74 Å². The molecule has 0 radical (unpaired) electrons. The Labute approximate surface area is 136 Å². The summed E-state index contributed by atoms with van der Waals surface area (Å²) in [6, 6.07) is 4.55. The van der Waals surface area contributed by atoms with Crippen molar-refractivity contribution in [1.29, 1.82) is 0 Å². The number of carbonyl (C=O) groups is 1. The third kappa shape index (κ3) is 4.02. The number of carboxylic acid groups (broad SMARTS) is 1. The predicted molar refractivity (Wildman–Crippen MR) is 79.6 cm³/mol. The molecule has 3 N–H and O–H groups in total. The molecule has 1 aliphatic rings. The molecule has 9 heteroatoms. The van der Waals surface area contributed by atoms with Crippen LogP contribution in [-0.4, -0.2) is 46.8 Å². The van der Waals surface area contributed by atoms with Crippen LogP contribution in [0.3, 0.4) is 0 Å². The molecule has 6 nitrogen and oxygen atoms in total. The molecule has 1 fully saturated rings. The molecule has 0 spiro atoms. The van der Waals surface area contributed by atoms with Crippen molar-refractivity contribution in [3.8, 4) is 5.75 Å². The van der Waals surface area contributed by atoms with Crippen molar-refractivity contribution in [3.63, 3.8) is 0 Å². The van der Waals surface area contributed by atoms with Gasteiger partial charge in [0.05, 0.1) is 12.6 Å². The Kier molecular flexibility index (Phi) is 4.84. The summed E-state index contributed by atoms with van der Waals surface area (Å²) in [6.45, 7) is 2.85. The highest BCUT2D eigenvalue weighted by molar-refractivity contribution is 5.66. The minimum Gasteiger partial charge on any atom is -0.481 e. The average molecular weight is 348 g/mol. The fourth-order valence-corrected chi connectivity index (χ4v) is 2.65. The van der Waals surface area contributed by atoms with E-state index < -0.39 is 36.6 Å². The second kappa shape index (κ2) is 6.39. The minimum atomic E-state index is -4.65. The molecule has 0 bridgehead atoms. The zero-order valence-corrected chi connectivity index (χ0v) is 13.2. The summed E-state index contributed by atoms with van der Waals surface area (Å²) < 4.78 is 50.3. The lowest BCUT2D eigenvalue weighted by Gasteiger charge is -2.32. The number of nitrogen functional groups attached to an aromatic ring is 1. The van der Waals surface area contributed by atoms with Gasteiger partial charge in [-0.25, -0.2) is 4.79 Å². The maximum absolute atomic E-state index is 13.3. The molecule has 24 heavy (non-hydrogen) atoms. The van der Waals surface area contributed by atoms with Crippen LogP contribution < -0.4 is 10.5 Å². The Morgan fingerprint density at radius 3 is 2.54 bits per heavy atom. The molecule has 134 valence electrons. The van der Waals surface area contributed by atoms with E-state index in [1.165, 1.54) is 38.1 Å². The van der Waals surface area contributed by atoms with E-state index in [2.05, 4.69) is 0 Å². The maximum atomic E-state index is 13.3. The van der Waals surface area contributed by atoms with Crippen molar-refractivity contribution in [1.82, 2.24) is 4.90 Å². The lowest BCUT2D eigenvalue weighted by atomic mass is 10.1. The molecule has 0 unspecified atom stereocenters. The van der Waals surface area contributed by atoms with E-state index in [9.17, 15) is 23.1 Å². The number of ether oxygens (including phenoxy) is 2. The summed E-state index contributed by atoms with van der Waals surface area (Å²) >= 11 is 0. The SMILES string of the molecule is CC1(C)OC[C@H](C[C@@H](Oc2ccc(N)cc2)C(F)(F)F)N1C(=O)O. The smallest absolute Gasteiger partial charge is 0.425 e. The first kappa shape index (κ1) is 18.2. The summed E-state index contributed by atoms with van der Waals surface area (Å²) in [5, 5.41) is 9.27. The Morgan fingerprint density at radius 2 is 2.04 bits per heavy atom. The molecule has 2 atom stereocenters. The molecular formula is C15H19F3N2O4. The number of amides is 1. The highest BCUT2D eigenvalue weighted by Gasteiger charge is 2.50. The third-order valence-corrected chi connectivity index (χ3v) is 3.79. The van der Waals surface area contributed by atoms with Crippen molar-refractivity contribution in [2.45, 2.75) is 44.3 Å². The molecule has 1 aromatic carbocycles. The Hall–Kier alpha value is -2.16. The lowest BCUT2D eigenvalue weighted by Crippen LogP contribution is -2.50. The van der Waals surface area contributed by atoms with Gasteiger partial charge < -0.3 is 20.3 Å². The van der Waals surface area contributed by atoms with Gasteiger partial charge in [0.15, 0.2) is 6.10 Å². The first-order chi connectivity index (χ1) is 11.0. The van der Waals surface area contributed by atoms with E-state index in [1.54, 1.807) is 0 Å². The van der Waals surface area contributed by atoms with Crippen molar-refractivity contribution in [2.24, 2.45) is 0 Å². The zero-order chi connectivity index (χ0) is 18.1. The van der Waals surface area contributed by atoms with E-state index in [0.717, 1.165) is 4.90 Å². The second-order valence-electron chi connectivity index (χ2n) is 6.02. The molecule has 0 aliphatic carbocycles. The molecular weight excluding hydrogens is 329 g/mol. The van der Waals surface area contributed by atoms with Crippen LogP contribution >= 0.6 is 0 Å². The lowest BCUT2D eigenvalue weighted by molar-refractivity contribution is -0.199. The van der Waals surface area contributed by atoms with E-state index in [0.29, 0.717) is 5.69 Å². The Bertz CT molecular complexity index is 589. The van der Waals surface area contributed by atoms with Crippen molar-refractivity contribution in [2.75, 3.05) is 12.3 Å². The molecule has 1 saturated heterocycles. The summed E-state index contributed by atoms with van der Waals surface area (Å²) in [6.07, 6.45) is -8.72. The summed E-state index contributed by atoms with van der Waals surface area (Å²) in [7, 11) is 0. The first-order valence-electron chi connectivity index (χ1n) is 7.26. The molecule has 2 rings (SSSR count). The molecule has 1 amide bonds. The summed E-state index contributed by atoms with van der Waals surface area (Å²) in [5.74, 6) is 0.00609. The van der Waals surface area contributed by atoms with Gasteiger partial charge in [0, 0.05) is 12.1 Å². The molecule has 0 saturated carbocycles. The second-order valence-corrected chi connectivity index (χ2v) is 6.02. The van der Waals surface area contributed by atoms with Crippen molar-refractivity contribution < 1.29 is 32.5 Å². The highest BCUT2D eigenvalue weighted by atomic mass is 19.4. The quantitative estimate of drug-likeness (QED) is 0.817. The fraction of sp³-hybridized carbons (Fsp3) is 0.533. The van der Waals surface area contributed by atoms with Gasteiger partial charge in [0.25, 0.3) is 0 Å². The van der Waals surface area contributed by atoms with Gasteiger partial charge in [-0.05, 0) is 38.1 Å². The van der Waals surface area contributed by atoms with Gasteiger partial charge in [0.2, 0.25) is 0 Å². The molecule has 1 aliphatic heterocycles. The number of benzene rings is 1. The summed E-state index contributed by atoms with van der Waals surface area (Å²) in [4.78, 5) is 12.3. The number of alkyl halides is 3. The molecule has 0 aromatic heterocycles. The normalized spacial score (nSPS) is 21.5. The zero-order valence-electron chi connectivity index (χ0n) is 13.2. The van der Waals surface area contributed by atoms with Gasteiger partial charge in [-0.2, -0.15) is 13.2 Å². The van der Waals surface area contributed by atoms with E-state index in [1.807, 2.05) is 0 Å². The topological polar surface area (TPSA) is 85.0 Å². The predicted octanol–water partition coefficient (Wildman–Crippen LogP) is 3.08. The van der Waals surface area contributed by atoms with Crippen LogP contribution in [0.2, 0.25) is 0 Å². The monoisotopic (exact) mass is 348 g/mol. The van der Waals surface area contributed by atoms with Crippen molar-refractivity contribution in [3.05, 3.63) is 24.3 Å². The van der Waals surface area contributed by atoms with E-state index in [4.69, 9.17) is 15.2 Å². The van der Waals surface area contributed by atoms with Crippen LogP contribution in [0.15, 0.2) is 24.3 Å². The highest BCUT2D eigenvalue weighted by Crippen LogP contribution is 2.34. The van der Waals surface area contributed by atoms with Crippen molar-refractivity contribution >= 4 is 11.8 Å². The number of anilines is 1. The number of rotatable bonds is 4. The molecule has 1 heterocycles. The number of halogens is 3. The largest absolute Gasteiger partial charge is 0.481 e. The Balaban J connectivity index is 2.17. The van der Waals surface area contributed by atoms with Crippen LogP contribution in [0.25, 0.3) is 0 Å². The van der Waals surface area contributed by atoms with Gasteiger partial charge in [-0.15, -0.1) is 0 Å². The van der Waals surface area contributed by atoms with Crippen LogP contribution in [0.5, 0.6) is 5.75 Å². The van der Waals surface area contributed by atoms with Gasteiger partial charge in [-0.1, -0.05) is 0 Å². The van der Waals surface area contributed by atoms with Crippen LogP contribution in [0.4, 0.5) is 23.7 Å². The Morgan fingerprint density at radius 1 is 1.46 bits per heavy atom. The van der Waals surface area contributed by atoms with E-state index in [-0.39, 0.29) is 12.4 Å². The molecule has 1 aromatic rings. The number of hydrogen-bond acceptors (Lipinski definition) is 4. The number of nitrogens with zero attached hydrogens (tertiary/aromatic N) is 1. The summed E-state index contributed by atoms with van der Waals surface area (Å²) in [5.41, 5.74) is 4.70. The maximum Gasteiger partial charge on any atom is 0.425 e. The van der Waals surface area contributed by atoms with E-state index >= 15 is 0 Å². The standard InChI is InChI=1S/C15H19F3N2O4/c1-14(2)20(13(21)22)10(8-23-14)7-12(15(16,17)18)24-11-5-3-9(19)4-6-11/h3-6,10,12H,7-8,19H2,1-2H3,(H,21,22)/t10-,12+/m0/s1. The van der Waals surface area contributed by atoms with Gasteiger partial charge >= 0.3 is 12.3 Å².